The second kappa shape index (κ2) is 6.83. The Hall–Kier alpha value is -2.64. The molecule has 0 radical (unpaired) electrons. The summed E-state index contributed by atoms with van der Waals surface area (Å²) in [5.41, 5.74) is 2.20. The summed E-state index contributed by atoms with van der Waals surface area (Å²) in [5, 5.41) is 4.25. The van der Waals surface area contributed by atoms with Crippen molar-refractivity contribution in [2.24, 2.45) is 0 Å². The highest BCUT2D eigenvalue weighted by atomic mass is 32.2. The van der Waals surface area contributed by atoms with Gasteiger partial charge >= 0.3 is 0 Å². The molecule has 1 aliphatic heterocycles. The summed E-state index contributed by atoms with van der Waals surface area (Å²) in [6.45, 7) is 5.07. The minimum Gasteiger partial charge on any atom is -0.368 e. The lowest BCUT2D eigenvalue weighted by molar-refractivity contribution is 0.101. The van der Waals surface area contributed by atoms with E-state index < -0.39 is 10.0 Å². The minimum atomic E-state index is -3.74. The Morgan fingerprint density at radius 2 is 1.70 bits per heavy atom. The fraction of sp³-hybridized carbons (Fsp3) is 0.250. The zero-order valence-corrected chi connectivity index (χ0v) is 15.9. The Kier molecular flexibility index (Phi) is 4.49. The molecule has 3 aromatic rings. The summed E-state index contributed by atoms with van der Waals surface area (Å²) in [5.74, 6) is -0.0916. The first-order valence-corrected chi connectivity index (χ1v) is 10.3. The van der Waals surface area contributed by atoms with Crippen LogP contribution in [-0.4, -0.2) is 44.4 Å². The van der Waals surface area contributed by atoms with Gasteiger partial charge in [0.05, 0.1) is 10.4 Å². The average Bonchev–Trinajstić information content (AvgIpc) is 3.14. The first-order valence-electron chi connectivity index (χ1n) is 8.91. The van der Waals surface area contributed by atoms with Crippen molar-refractivity contribution in [3.63, 3.8) is 0 Å². The number of benzene rings is 2. The van der Waals surface area contributed by atoms with Crippen LogP contribution in [0.3, 0.4) is 0 Å². The van der Waals surface area contributed by atoms with Crippen LogP contribution in [0.5, 0.6) is 0 Å². The third-order valence-electron chi connectivity index (χ3n) is 4.95. The van der Waals surface area contributed by atoms with Crippen LogP contribution in [-0.2, 0) is 10.0 Å². The molecule has 2 heterocycles. The van der Waals surface area contributed by atoms with Crippen molar-refractivity contribution in [2.75, 3.05) is 31.1 Å². The van der Waals surface area contributed by atoms with Gasteiger partial charge in [0.15, 0.2) is 5.78 Å². The van der Waals surface area contributed by atoms with Crippen molar-refractivity contribution >= 4 is 32.4 Å². The predicted molar refractivity (Wildman–Crippen MR) is 106 cm³/mol. The second-order valence-corrected chi connectivity index (χ2v) is 8.46. The maximum absolute atomic E-state index is 13.1. The van der Waals surface area contributed by atoms with E-state index in [2.05, 4.69) is 10.2 Å². The summed E-state index contributed by atoms with van der Waals surface area (Å²) in [6.07, 6.45) is 1.60. The van der Waals surface area contributed by atoms with Crippen LogP contribution in [0.25, 0.3) is 10.9 Å². The van der Waals surface area contributed by atoms with Crippen molar-refractivity contribution in [3.8, 4) is 0 Å². The summed E-state index contributed by atoms with van der Waals surface area (Å²) in [4.78, 5) is 13.9. The van der Waals surface area contributed by atoms with Crippen LogP contribution in [0.15, 0.2) is 59.6 Å². The van der Waals surface area contributed by atoms with E-state index in [9.17, 15) is 13.2 Å². The molecular weight excluding hydrogens is 362 g/mol. The number of anilines is 1. The van der Waals surface area contributed by atoms with Crippen LogP contribution < -0.4 is 10.2 Å². The summed E-state index contributed by atoms with van der Waals surface area (Å²) in [7, 11) is -3.74. The Labute approximate surface area is 158 Å². The van der Waals surface area contributed by atoms with E-state index in [1.807, 2.05) is 24.3 Å². The quantitative estimate of drug-likeness (QED) is 0.701. The van der Waals surface area contributed by atoms with Gasteiger partial charge in [0.25, 0.3) is 10.0 Å². The van der Waals surface area contributed by atoms with Gasteiger partial charge in [0.1, 0.15) is 0 Å². The van der Waals surface area contributed by atoms with Crippen molar-refractivity contribution in [2.45, 2.75) is 11.8 Å². The van der Waals surface area contributed by atoms with Gasteiger partial charge in [-0.2, -0.15) is 0 Å². The molecule has 0 saturated carbocycles. The number of hydrogen-bond acceptors (Lipinski definition) is 5. The van der Waals surface area contributed by atoms with Crippen LogP contribution in [0, 0.1) is 0 Å². The number of aromatic nitrogens is 1. The number of nitrogens with zero attached hydrogens (tertiary/aromatic N) is 2. The van der Waals surface area contributed by atoms with Gasteiger partial charge in [-0.1, -0.05) is 18.2 Å². The molecule has 140 valence electrons. The molecule has 1 saturated heterocycles. The van der Waals surface area contributed by atoms with E-state index in [0.717, 1.165) is 37.3 Å². The van der Waals surface area contributed by atoms with Crippen molar-refractivity contribution in [1.29, 1.82) is 0 Å². The molecule has 0 aliphatic carbocycles. The molecule has 1 aromatic heterocycles. The topological polar surface area (TPSA) is 71.4 Å². The van der Waals surface area contributed by atoms with Crippen LogP contribution in [0.4, 0.5) is 5.69 Å². The fourth-order valence-electron chi connectivity index (χ4n) is 3.49. The predicted octanol–water partition coefficient (Wildman–Crippen LogP) is 2.49. The maximum Gasteiger partial charge on any atom is 0.268 e. The zero-order chi connectivity index (χ0) is 19.0. The Bertz CT molecular complexity index is 1100. The second-order valence-electron chi connectivity index (χ2n) is 6.64. The van der Waals surface area contributed by atoms with Gasteiger partial charge in [-0.3, -0.25) is 4.79 Å². The number of piperazine rings is 1. The molecule has 0 amide bonds. The number of rotatable bonds is 4. The normalized spacial score (nSPS) is 15.2. The Morgan fingerprint density at radius 1 is 1.00 bits per heavy atom. The molecule has 4 rings (SSSR count). The molecule has 2 aromatic carbocycles. The highest BCUT2D eigenvalue weighted by Crippen LogP contribution is 2.30. The highest BCUT2D eigenvalue weighted by Gasteiger charge is 2.21. The van der Waals surface area contributed by atoms with Gasteiger partial charge in [-0.25, -0.2) is 12.4 Å². The fourth-order valence-corrected chi connectivity index (χ4v) is 4.84. The van der Waals surface area contributed by atoms with E-state index >= 15 is 0 Å². The first-order chi connectivity index (χ1) is 13.0. The van der Waals surface area contributed by atoms with Gasteiger partial charge in [0.2, 0.25) is 0 Å². The molecule has 1 fully saturated rings. The first kappa shape index (κ1) is 17.8. The SMILES string of the molecule is CC(=O)c1ccc(S(=O)(=O)n2ccc3c(N4CCNCC4)cccc32)cc1. The molecule has 0 atom stereocenters. The standard InChI is InChI=1S/C20H21N3O3S/c1-15(24)16-5-7-17(8-6-16)27(25,26)23-12-9-18-19(3-2-4-20(18)23)22-13-10-21-11-14-22/h2-9,12,21H,10-11,13-14H2,1H3. The van der Waals surface area contributed by atoms with E-state index in [4.69, 9.17) is 0 Å². The van der Waals surface area contributed by atoms with E-state index in [1.54, 1.807) is 18.3 Å². The van der Waals surface area contributed by atoms with Crippen molar-refractivity contribution < 1.29 is 13.2 Å². The highest BCUT2D eigenvalue weighted by molar-refractivity contribution is 7.90. The number of fused-ring (bicyclic) bond motifs is 1. The summed E-state index contributed by atoms with van der Waals surface area (Å²) >= 11 is 0. The maximum atomic E-state index is 13.1. The molecule has 1 aliphatic rings. The molecule has 0 bridgehead atoms. The largest absolute Gasteiger partial charge is 0.368 e. The Morgan fingerprint density at radius 3 is 2.37 bits per heavy atom. The molecular formula is C20H21N3O3S. The number of ketones is 1. The summed E-state index contributed by atoms with van der Waals surface area (Å²) < 4.78 is 27.6. The van der Waals surface area contributed by atoms with E-state index in [-0.39, 0.29) is 10.7 Å². The van der Waals surface area contributed by atoms with Crippen LogP contribution >= 0.6 is 0 Å². The number of carbonyl (C=O) groups excluding carboxylic acids is 1. The van der Waals surface area contributed by atoms with Gasteiger partial charge in [-0.05, 0) is 37.3 Å². The van der Waals surface area contributed by atoms with Crippen molar-refractivity contribution in [3.05, 3.63) is 60.3 Å². The lowest BCUT2D eigenvalue weighted by Gasteiger charge is -2.30. The number of nitrogens with one attached hydrogen (secondary N) is 1. The molecule has 7 heteroatoms. The van der Waals surface area contributed by atoms with Gasteiger partial charge in [0, 0.05) is 49.0 Å². The van der Waals surface area contributed by atoms with Gasteiger partial charge < -0.3 is 10.2 Å². The molecule has 1 N–H and O–H groups in total. The third kappa shape index (κ3) is 3.13. The molecule has 27 heavy (non-hydrogen) atoms. The third-order valence-corrected chi connectivity index (χ3v) is 6.65. The van der Waals surface area contributed by atoms with E-state index in [1.165, 1.54) is 23.0 Å². The lowest BCUT2D eigenvalue weighted by atomic mass is 10.2. The average molecular weight is 383 g/mol. The number of hydrogen-bond donors (Lipinski definition) is 1. The molecule has 0 spiro atoms. The summed E-state index contributed by atoms with van der Waals surface area (Å²) in [6, 6.07) is 13.7. The van der Waals surface area contributed by atoms with Crippen LogP contribution in [0.2, 0.25) is 0 Å². The molecule has 0 unspecified atom stereocenters. The smallest absolute Gasteiger partial charge is 0.268 e. The van der Waals surface area contributed by atoms with Gasteiger partial charge in [-0.15, -0.1) is 0 Å². The monoisotopic (exact) mass is 383 g/mol. The zero-order valence-electron chi connectivity index (χ0n) is 15.1. The minimum absolute atomic E-state index is 0.0916. The number of Topliss-reactive ketones (excluding diaryl/α,β-unsaturated/α-hetero) is 1. The number of carbonyl (C=O) groups is 1. The Balaban J connectivity index is 1.78. The lowest BCUT2D eigenvalue weighted by Crippen LogP contribution is -2.43. The van der Waals surface area contributed by atoms with Crippen molar-refractivity contribution in [1.82, 2.24) is 9.29 Å². The van der Waals surface area contributed by atoms with E-state index in [0.29, 0.717) is 11.1 Å². The molecule has 6 nitrogen and oxygen atoms in total. The van der Waals surface area contributed by atoms with Crippen LogP contribution in [0.1, 0.15) is 17.3 Å².